The van der Waals surface area contributed by atoms with Crippen molar-refractivity contribution in [3.8, 4) is 28.5 Å². The van der Waals surface area contributed by atoms with Crippen molar-refractivity contribution in [2.75, 3.05) is 31.8 Å². The average Bonchev–Trinajstić information content (AvgIpc) is 3.23. The summed E-state index contributed by atoms with van der Waals surface area (Å²) in [5, 5.41) is 28.6. The molecule has 1 aromatic heterocycles. The highest BCUT2D eigenvalue weighted by molar-refractivity contribution is 8.13. The molecule has 25 heteroatoms. The van der Waals surface area contributed by atoms with Crippen LogP contribution in [0.2, 0.25) is 10.2 Å². The maximum Gasteiger partial charge on any atom is 0.416 e. The third-order valence-corrected chi connectivity index (χ3v) is 9.71. The molecule has 1 heterocycles. The van der Waals surface area contributed by atoms with Crippen LogP contribution in [-0.2, 0) is 29.8 Å². The SMILES string of the molecule is CCCCCCCCSC(=O)Oc1cc(Cl)nnc1-c1ccccc1.CCOC(=O)COC(=O)c1cc(Oc2ccc(C(F)(F)F)cc2Cl)ccc1[N+](=O)[O-].O=C(O)CNCP(=O)(O)O. The van der Waals surface area contributed by atoms with Gasteiger partial charge in [-0.05, 0) is 49.4 Å². The van der Waals surface area contributed by atoms with Gasteiger partial charge in [-0.2, -0.15) is 13.2 Å². The number of unbranched alkanes of at least 4 members (excludes halogenated alkanes) is 5. The Balaban J connectivity index is 0.000000374. The molecule has 354 valence electrons. The van der Waals surface area contributed by atoms with Crippen molar-refractivity contribution in [2.45, 2.75) is 58.5 Å². The number of halogens is 5. The van der Waals surface area contributed by atoms with Gasteiger partial charge in [-0.15, -0.1) is 10.2 Å². The van der Waals surface area contributed by atoms with E-state index in [2.05, 4.69) is 27.2 Å². The Morgan fingerprint density at radius 3 is 2.17 bits per heavy atom. The van der Waals surface area contributed by atoms with Gasteiger partial charge in [0.1, 0.15) is 22.8 Å². The standard InChI is InChI=1S/C19H23ClN2O2S.C18H13ClF3NO7.C3H8NO5P/c1-2-3-4-5-6-10-13-25-19(23)24-16-14-17(20)21-22-18(16)15-11-8-7-9-12-15;1-2-28-16(24)9-29-17(25)12-8-11(4-5-14(12)23(26)27)30-15-6-3-10(7-13(15)19)18(20,21)22;5-3(6)1-4-2-10(7,8)9/h7-9,11-12,14H,2-6,10,13H2,1H3;3-8H,2,9H2,1H3;4H,1-2H2,(H,5,6)(H2,7,8,9). The van der Waals surface area contributed by atoms with Crippen molar-refractivity contribution in [3.05, 3.63) is 104 Å². The first kappa shape index (κ1) is 55.8. The summed E-state index contributed by atoms with van der Waals surface area (Å²) in [6.07, 6.45) is 1.99. The smallest absolute Gasteiger partial charge is 0.416 e. The number of nitrogens with one attached hydrogen (secondary N) is 1. The molecule has 0 radical (unpaired) electrons. The minimum absolute atomic E-state index is 0.0493. The van der Waals surface area contributed by atoms with Gasteiger partial charge in [0.2, 0.25) is 0 Å². The molecule has 0 saturated carbocycles. The Bertz CT molecular complexity index is 2260. The number of esters is 2. The van der Waals surface area contributed by atoms with Crippen LogP contribution in [0.15, 0.2) is 72.8 Å². The molecule has 0 atom stereocenters. The predicted molar refractivity (Wildman–Crippen MR) is 233 cm³/mol. The molecular formula is C40H44Cl2F3N4O14PS. The molecular weight excluding hydrogens is 951 g/mol. The minimum atomic E-state index is -4.61. The summed E-state index contributed by atoms with van der Waals surface area (Å²) in [5.74, 6) is -2.40. The molecule has 0 saturated heterocycles. The van der Waals surface area contributed by atoms with Crippen LogP contribution >= 0.6 is 42.6 Å². The fraction of sp³-hybridized carbons (Fsp3) is 0.350. The number of aliphatic carboxylic acids is 1. The van der Waals surface area contributed by atoms with Crippen LogP contribution in [0.25, 0.3) is 11.3 Å². The lowest BCUT2D eigenvalue weighted by molar-refractivity contribution is -0.385. The van der Waals surface area contributed by atoms with Crippen LogP contribution in [0.3, 0.4) is 0 Å². The summed E-state index contributed by atoms with van der Waals surface area (Å²) in [6.45, 7) is 2.59. The maximum atomic E-state index is 12.7. The van der Waals surface area contributed by atoms with E-state index in [9.17, 15) is 47.0 Å². The number of nitro groups is 1. The molecule has 18 nitrogen and oxygen atoms in total. The van der Waals surface area contributed by atoms with Crippen molar-refractivity contribution in [1.29, 1.82) is 0 Å². The third kappa shape index (κ3) is 22.4. The lowest BCUT2D eigenvalue weighted by atomic mass is 10.1. The lowest BCUT2D eigenvalue weighted by Crippen LogP contribution is -2.23. The number of thioether (sulfide) groups is 1. The number of ether oxygens (including phenoxy) is 4. The summed E-state index contributed by atoms with van der Waals surface area (Å²) >= 11 is 12.9. The van der Waals surface area contributed by atoms with Gasteiger partial charge in [0, 0.05) is 29.5 Å². The number of hydrogen-bond donors (Lipinski definition) is 4. The Kier molecular flexibility index (Phi) is 24.5. The second-order valence-corrected chi connectivity index (χ2v) is 16.4. The fourth-order valence-electron chi connectivity index (χ4n) is 4.89. The first-order chi connectivity index (χ1) is 30.6. The Morgan fingerprint density at radius 1 is 0.892 bits per heavy atom. The van der Waals surface area contributed by atoms with E-state index in [0.717, 1.165) is 54.5 Å². The topological polar surface area (TPSA) is 264 Å². The Labute approximate surface area is 384 Å². The van der Waals surface area contributed by atoms with Gasteiger partial charge in [0.25, 0.3) is 5.69 Å². The van der Waals surface area contributed by atoms with Crippen LogP contribution in [0.1, 0.15) is 68.3 Å². The molecule has 3 aromatic carbocycles. The highest BCUT2D eigenvalue weighted by Crippen LogP contribution is 2.37. The van der Waals surface area contributed by atoms with Crippen LogP contribution in [0, 0.1) is 10.1 Å². The highest BCUT2D eigenvalue weighted by Gasteiger charge is 2.31. The van der Waals surface area contributed by atoms with Gasteiger partial charge in [-0.1, -0.05) is 92.6 Å². The van der Waals surface area contributed by atoms with E-state index in [1.165, 1.54) is 50.4 Å². The number of rotatable bonds is 20. The zero-order valence-electron chi connectivity index (χ0n) is 34.6. The first-order valence-corrected chi connectivity index (χ1v) is 22.7. The number of carboxylic acids is 1. The quantitative estimate of drug-likeness (QED) is 0.0211. The average molecular weight is 996 g/mol. The first-order valence-electron chi connectivity index (χ1n) is 19.2. The second-order valence-electron chi connectivity index (χ2n) is 12.9. The molecule has 4 N–H and O–H groups in total. The van der Waals surface area contributed by atoms with Gasteiger partial charge in [-0.25, -0.2) is 14.4 Å². The zero-order valence-corrected chi connectivity index (χ0v) is 37.8. The number of benzene rings is 3. The van der Waals surface area contributed by atoms with Crippen molar-refractivity contribution < 1.29 is 75.7 Å². The van der Waals surface area contributed by atoms with Crippen LogP contribution in [0.4, 0.5) is 23.7 Å². The van der Waals surface area contributed by atoms with Crippen molar-refractivity contribution in [1.82, 2.24) is 15.5 Å². The molecule has 65 heavy (non-hydrogen) atoms. The summed E-state index contributed by atoms with van der Waals surface area (Å²) in [7, 11) is -4.10. The van der Waals surface area contributed by atoms with E-state index >= 15 is 0 Å². The fourth-order valence-corrected chi connectivity index (χ4v) is 6.31. The van der Waals surface area contributed by atoms with E-state index in [1.54, 1.807) is 0 Å². The number of hydrogen-bond acceptors (Lipinski definition) is 15. The van der Waals surface area contributed by atoms with Crippen molar-refractivity contribution in [3.63, 3.8) is 0 Å². The zero-order chi connectivity index (χ0) is 48.6. The van der Waals surface area contributed by atoms with Crippen molar-refractivity contribution in [2.24, 2.45) is 0 Å². The molecule has 0 aliphatic rings. The van der Waals surface area contributed by atoms with Gasteiger partial charge >= 0.3 is 37.0 Å². The number of carbonyl (C=O) groups excluding carboxylic acids is 3. The predicted octanol–water partition coefficient (Wildman–Crippen LogP) is 9.96. The van der Waals surface area contributed by atoms with Gasteiger partial charge < -0.3 is 33.8 Å². The van der Waals surface area contributed by atoms with E-state index in [1.807, 2.05) is 30.3 Å². The van der Waals surface area contributed by atoms with E-state index < -0.39 is 72.9 Å². The maximum absolute atomic E-state index is 12.7. The number of nitro benzene ring substituents is 1. The molecule has 0 aliphatic heterocycles. The number of carbonyl (C=O) groups is 4. The molecule has 0 amide bonds. The largest absolute Gasteiger partial charge is 0.480 e. The number of carboxylic acid groups (broad SMARTS) is 1. The summed E-state index contributed by atoms with van der Waals surface area (Å²) < 4.78 is 68.3. The molecule has 0 unspecified atom stereocenters. The Morgan fingerprint density at radius 2 is 1.57 bits per heavy atom. The van der Waals surface area contributed by atoms with Gasteiger partial charge in [0.15, 0.2) is 17.5 Å². The monoisotopic (exact) mass is 994 g/mol. The van der Waals surface area contributed by atoms with Crippen LogP contribution < -0.4 is 14.8 Å². The minimum Gasteiger partial charge on any atom is -0.480 e. The molecule has 0 bridgehead atoms. The molecule has 0 aliphatic carbocycles. The number of aromatic nitrogens is 2. The second kappa shape index (κ2) is 28.5. The highest BCUT2D eigenvalue weighted by atomic mass is 35.5. The van der Waals surface area contributed by atoms with Crippen LogP contribution in [-0.4, -0.2) is 85.0 Å². The van der Waals surface area contributed by atoms with E-state index in [0.29, 0.717) is 17.5 Å². The summed E-state index contributed by atoms with van der Waals surface area (Å²) in [6, 6.07) is 16.4. The van der Waals surface area contributed by atoms with Crippen LogP contribution in [0.5, 0.6) is 17.2 Å². The Hall–Kier alpha value is -5.35. The third-order valence-electron chi connectivity index (χ3n) is 7.78. The van der Waals surface area contributed by atoms with Gasteiger partial charge in [0.05, 0.1) is 34.9 Å². The lowest BCUT2D eigenvalue weighted by Gasteiger charge is -2.12. The molecule has 4 aromatic rings. The van der Waals surface area contributed by atoms with Gasteiger partial charge in [-0.3, -0.25) is 24.8 Å². The van der Waals surface area contributed by atoms with E-state index in [-0.39, 0.29) is 33.6 Å². The number of nitrogens with zero attached hydrogens (tertiary/aromatic N) is 3. The number of alkyl halides is 3. The molecule has 0 spiro atoms. The molecule has 0 fully saturated rings. The normalized spacial score (nSPS) is 10.9. The van der Waals surface area contributed by atoms with Crippen molar-refractivity contribution >= 4 is 71.5 Å². The van der Waals surface area contributed by atoms with E-state index in [4.69, 9.17) is 52.3 Å². The summed E-state index contributed by atoms with van der Waals surface area (Å²) in [5.41, 5.74) is -0.819. The summed E-state index contributed by atoms with van der Waals surface area (Å²) in [4.78, 5) is 72.0. The molecule has 4 rings (SSSR count).